The molecule has 39 heavy (non-hydrogen) atoms. The lowest BCUT2D eigenvalue weighted by molar-refractivity contribution is 0.0664. The fraction of sp³-hybridized carbons (Fsp3) is 0.296. The summed E-state index contributed by atoms with van der Waals surface area (Å²) in [4.78, 5) is 29.6. The summed E-state index contributed by atoms with van der Waals surface area (Å²) in [5, 5.41) is 7.37. The van der Waals surface area contributed by atoms with Crippen LogP contribution < -0.4 is 14.9 Å². The maximum atomic E-state index is 13.1. The molecule has 1 fully saturated rings. The molecule has 5 rings (SSSR count). The number of rotatable bonds is 8. The van der Waals surface area contributed by atoms with E-state index in [2.05, 4.69) is 32.5 Å². The predicted molar refractivity (Wildman–Crippen MR) is 154 cm³/mol. The van der Waals surface area contributed by atoms with E-state index in [0.717, 1.165) is 24.0 Å². The Hall–Kier alpha value is -4.16. The zero-order chi connectivity index (χ0) is 27.6. The van der Waals surface area contributed by atoms with E-state index in [-0.39, 0.29) is 5.91 Å². The van der Waals surface area contributed by atoms with Gasteiger partial charge in [0.15, 0.2) is 0 Å². The van der Waals surface area contributed by atoms with Crippen molar-refractivity contribution >= 4 is 50.1 Å². The number of nitrogens with one attached hydrogen (secondary N) is 3. The SMILES string of the molecule is CN1CCN(C(=O)c2cccc(Nc3nc(NCc4ccccc4N(C)S(C)(=O)=O)c4cc[nH]c4n3)c2)CC1. The first-order valence-corrected chi connectivity index (χ1v) is 14.5. The Morgan fingerprint density at radius 3 is 2.59 bits per heavy atom. The molecule has 3 N–H and O–H groups in total. The van der Waals surface area contributed by atoms with Gasteiger partial charge in [-0.05, 0) is 42.9 Å². The van der Waals surface area contributed by atoms with Crippen LogP contribution in [0, 0.1) is 0 Å². The first-order valence-electron chi connectivity index (χ1n) is 12.6. The monoisotopic (exact) mass is 548 g/mol. The minimum absolute atomic E-state index is 0.00701. The molecule has 1 saturated heterocycles. The van der Waals surface area contributed by atoms with E-state index in [9.17, 15) is 13.2 Å². The Labute approximate surface area is 227 Å². The predicted octanol–water partition coefficient (Wildman–Crippen LogP) is 3.10. The second-order valence-electron chi connectivity index (χ2n) is 9.65. The van der Waals surface area contributed by atoms with Gasteiger partial charge in [-0.1, -0.05) is 24.3 Å². The average molecular weight is 549 g/mol. The van der Waals surface area contributed by atoms with Crippen LogP contribution in [0.5, 0.6) is 0 Å². The summed E-state index contributed by atoms with van der Waals surface area (Å²) >= 11 is 0. The normalized spacial score (nSPS) is 14.4. The smallest absolute Gasteiger partial charge is 0.254 e. The first-order chi connectivity index (χ1) is 18.7. The van der Waals surface area contributed by atoms with Crippen molar-refractivity contribution in [1.82, 2.24) is 24.8 Å². The Kier molecular flexibility index (Phi) is 7.40. The highest BCUT2D eigenvalue weighted by molar-refractivity contribution is 7.92. The molecule has 0 aliphatic carbocycles. The summed E-state index contributed by atoms with van der Waals surface area (Å²) in [6.07, 6.45) is 2.96. The van der Waals surface area contributed by atoms with Gasteiger partial charge < -0.3 is 25.4 Å². The third kappa shape index (κ3) is 5.96. The molecule has 1 aliphatic heterocycles. The minimum atomic E-state index is -3.41. The van der Waals surface area contributed by atoms with Crippen LogP contribution in [0.1, 0.15) is 15.9 Å². The van der Waals surface area contributed by atoms with Crippen LogP contribution in [0.2, 0.25) is 0 Å². The molecule has 2 aromatic carbocycles. The summed E-state index contributed by atoms with van der Waals surface area (Å²) in [6, 6.07) is 16.5. The van der Waals surface area contributed by atoms with Crippen LogP contribution in [0.15, 0.2) is 60.8 Å². The van der Waals surface area contributed by atoms with Crippen molar-refractivity contribution in [1.29, 1.82) is 0 Å². The van der Waals surface area contributed by atoms with Crippen LogP contribution in [0.25, 0.3) is 11.0 Å². The molecule has 0 atom stereocenters. The summed E-state index contributed by atoms with van der Waals surface area (Å²) in [6.45, 7) is 3.48. The topological polar surface area (TPSA) is 127 Å². The number of carbonyl (C=O) groups excluding carboxylic acids is 1. The summed E-state index contributed by atoms with van der Waals surface area (Å²) in [5.74, 6) is 0.955. The maximum absolute atomic E-state index is 13.1. The van der Waals surface area contributed by atoms with Gasteiger partial charge in [-0.2, -0.15) is 9.97 Å². The molecule has 12 heteroatoms. The number of sulfonamides is 1. The van der Waals surface area contributed by atoms with Crippen LogP contribution in [0.4, 0.5) is 23.1 Å². The molecule has 1 amide bonds. The third-order valence-electron chi connectivity index (χ3n) is 6.85. The number of piperazine rings is 1. The summed E-state index contributed by atoms with van der Waals surface area (Å²) in [5.41, 5.74) is 3.34. The minimum Gasteiger partial charge on any atom is -0.365 e. The molecule has 0 unspecified atom stereocenters. The molecule has 204 valence electrons. The average Bonchev–Trinajstić information content (AvgIpc) is 3.40. The molecule has 11 nitrogen and oxygen atoms in total. The number of nitrogens with zero attached hydrogens (tertiary/aromatic N) is 5. The van der Waals surface area contributed by atoms with Crippen LogP contribution in [0.3, 0.4) is 0 Å². The van der Waals surface area contributed by atoms with Crippen LogP contribution >= 0.6 is 0 Å². The van der Waals surface area contributed by atoms with Crippen molar-refractivity contribution in [2.75, 3.05) is 61.5 Å². The first kappa shape index (κ1) is 26.4. The number of aromatic amines is 1. The van der Waals surface area contributed by atoms with E-state index in [1.54, 1.807) is 18.3 Å². The Bertz CT molecular complexity index is 1600. The molecule has 0 radical (unpaired) electrons. The second-order valence-corrected chi connectivity index (χ2v) is 11.7. The van der Waals surface area contributed by atoms with Gasteiger partial charge >= 0.3 is 0 Å². The van der Waals surface area contributed by atoms with Gasteiger partial charge in [-0.25, -0.2) is 8.42 Å². The van der Waals surface area contributed by atoms with E-state index in [1.165, 1.54) is 17.6 Å². The standard InChI is InChI=1S/C27H32N8O3S/c1-33-13-15-35(16-14-33)26(36)19-8-6-9-21(17-19)30-27-31-24-22(11-12-28-24)25(32-27)29-18-20-7-4-5-10-23(20)34(2)39(3,37)38/h4-12,17H,13-16,18H2,1-3H3,(H3,28,29,30,31,32). The maximum Gasteiger partial charge on any atom is 0.254 e. The zero-order valence-electron chi connectivity index (χ0n) is 22.2. The quantitative estimate of drug-likeness (QED) is 0.307. The van der Waals surface area contributed by atoms with E-state index in [4.69, 9.17) is 4.98 Å². The van der Waals surface area contributed by atoms with Gasteiger partial charge in [0.1, 0.15) is 11.5 Å². The molecule has 4 aromatic rings. The Balaban J connectivity index is 1.36. The number of hydrogen-bond donors (Lipinski definition) is 3. The van der Waals surface area contributed by atoms with Gasteiger partial charge in [0.25, 0.3) is 5.91 Å². The molecule has 2 aromatic heterocycles. The molecule has 0 saturated carbocycles. The Morgan fingerprint density at radius 1 is 1.05 bits per heavy atom. The van der Waals surface area contributed by atoms with Crippen molar-refractivity contribution in [2.45, 2.75) is 6.54 Å². The van der Waals surface area contributed by atoms with Crippen molar-refractivity contribution in [2.24, 2.45) is 0 Å². The zero-order valence-corrected chi connectivity index (χ0v) is 23.0. The van der Waals surface area contributed by atoms with E-state index < -0.39 is 10.0 Å². The number of fused-ring (bicyclic) bond motifs is 1. The Morgan fingerprint density at radius 2 is 1.82 bits per heavy atom. The third-order valence-corrected chi connectivity index (χ3v) is 8.04. The van der Waals surface area contributed by atoms with Crippen LogP contribution in [-0.2, 0) is 16.6 Å². The number of benzene rings is 2. The number of para-hydroxylation sites is 1. The van der Waals surface area contributed by atoms with Crippen molar-refractivity contribution in [3.8, 4) is 0 Å². The molecule has 3 heterocycles. The van der Waals surface area contributed by atoms with E-state index >= 15 is 0 Å². The van der Waals surface area contributed by atoms with Gasteiger partial charge in [-0.3, -0.25) is 9.10 Å². The van der Waals surface area contributed by atoms with Gasteiger partial charge in [0, 0.05) is 57.2 Å². The summed E-state index contributed by atoms with van der Waals surface area (Å²) in [7, 11) is 0.182. The van der Waals surface area contributed by atoms with E-state index in [0.29, 0.717) is 54.0 Å². The number of carbonyl (C=O) groups is 1. The van der Waals surface area contributed by atoms with Crippen molar-refractivity contribution in [3.05, 3.63) is 71.9 Å². The summed E-state index contributed by atoms with van der Waals surface area (Å²) < 4.78 is 25.5. The number of anilines is 4. The van der Waals surface area contributed by atoms with Crippen LogP contribution in [-0.4, -0.2) is 85.6 Å². The highest BCUT2D eigenvalue weighted by Gasteiger charge is 2.21. The fourth-order valence-electron chi connectivity index (χ4n) is 4.51. The van der Waals surface area contributed by atoms with Crippen molar-refractivity contribution in [3.63, 3.8) is 0 Å². The lowest BCUT2D eigenvalue weighted by Crippen LogP contribution is -2.47. The van der Waals surface area contributed by atoms with E-state index in [1.807, 2.05) is 47.4 Å². The second kappa shape index (κ2) is 10.9. The van der Waals surface area contributed by atoms with Gasteiger partial charge in [0.2, 0.25) is 16.0 Å². The molecular formula is C27H32N8O3S. The number of likely N-dealkylation sites (N-methyl/N-ethyl adjacent to an activating group) is 1. The fourth-order valence-corrected chi connectivity index (χ4v) is 5.04. The molecule has 0 bridgehead atoms. The number of aromatic nitrogens is 3. The number of H-pyrrole nitrogens is 1. The molecule has 0 spiro atoms. The lowest BCUT2D eigenvalue weighted by atomic mass is 10.1. The highest BCUT2D eigenvalue weighted by Crippen LogP contribution is 2.26. The lowest BCUT2D eigenvalue weighted by Gasteiger charge is -2.32. The molecular weight excluding hydrogens is 516 g/mol. The van der Waals surface area contributed by atoms with Gasteiger partial charge in [-0.15, -0.1) is 0 Å². The largest absolute Gasteiger partial charge is 0.365 e. The van der Waals surface area contributed by atoms with Gasteiger partial charge in [0.05, 0.1) is 17.3 Å². The highest BCUT2D eigenvalue weighted by atomic mass is 32.2. The molecule has 1 aliphatic rings. The number of amides is 1. The number of hydrogen-bond acceptors (Lipinski definition) is 8. The van der Waals surface area contributed by atoms with Crippen molar-refractivity contribution < 1.29 is 13.2 Å².